The molecule has 4 nitrogen and oxygen atoms in total. The fraction of sp³-hybridized carbons (Fsp3) is 0.320. The van der Waals surface area contributed by atoms with Gasteiger partial charge in [-0.3, -0.25) is 4.98 Å². The molecule has 4 heteroatoms. The number of pyridine rings is 1. The normalized spacial score (nSPS) is 12.4. The highest BCUT2D eigenvalue weighted by Gasteiger charge is 2.16. The summed E-state index contributed by atoms with van der Waals surface area (Å²) < 4.78 is 16.6. The second-order valence-electron chi connectivity index (χ2n) is 5.83. The first-order chi connectivity index (χ1) is 14.4. The summed E-state index contributed by atoms with van der Waals surface area (Å²) in [5, 5.41) is 0. The molecular formula is C25H31NO3. The van der Waals surface area contributed by atoms with Crippen molar-refractivity contribution in [3.05, 3.63) is 78.1 Å². The molecule has 0 unspecified atom stereocenters. The zero-order valence-electron chi connectivity index (χ0n) is 17.9. The summed E-state index contributed by atoms with van der Waals surface area (Å²) >= 11 is 0. The van der Waals surface area contributed by atoms with Crippen LogP contribution in [0.2, 0.25) is 0 Å². The summed E-state index contributed by atoms with van der Waals surface area (Å²) in [5.74, 6) is 3.56. The van der Waals surface area contributed by atoms with Gasteiger partial charge >= 0.3 is 0 Å². The zero-order chi connectivity index (χ0) is 20.9. The quantitative estimate of drug-likeness (QED) is 0.334. The lowest BCUT2D eigenvalue weighted by molar-refractivity contribution is 0.297. The molecule has 1 aromatic heterocycles. The van der Waals surface area contributed by atoms with Crippen LogP contribution in [0.15, 0.2) is 66.9 Å². The number of aromatic nitrogens is 1. The Morgan fingerprint density at radius 1 is 0.655 bits per heavy atom. The highest BCUT2D eigenvalue weighted by molar-refractivity contribution is 5.46. The summed E-state index contributed by atoms with van der Waals surface area (Å²) in [6.45, 7) is 9.52. The molecule has 0 saturated heterocycles. The van der Waals surface area contributed by atoms with Gasteiger partial charge in [0, 0.05) is 24.6 Å². The van der Waals surface area contributed by atoms with E-state index in [1.54, 1.807) is 6.20 Å². The highest BCUT2D eigenvalue weighted by atomic mass is 16.5. The Labute approximate surface area is 174 Å². The van der Waals surface area contributed by atoms with Gasteiger partial charge in [-0.05, 0) is 30.3 Å². The zero-order valence-corrected chi connectivity index (χ0v) is 17.9. The van der Waals surface area contributed by atoms with Gasteiger partial charge in [0.25, 0.3) is 0 Å². The minimum atomic E-state index is 0.761. The van der Waals surface area contributed by atoms with Crippen LogP contribution in [0.25, 0.3) is 0 Å². The van der Waals surface area contributed by atoms with Crippen LogP contribution in [-0.4, -0.2) is 18.2 Å². The van der Waals surface area contributed by atoms with E-state index in [9.17, 15) is 0 Å². The van der Waals surface area contributed by atoms with Crippen LogP contribution >= 0.6 is 0 Å². The van der Waals surface area contributed by atoms with Crippen molar-refractivity contribution in [3.63, 3.8) is 0 Å². The third-order valence-corrected chi connectivity index (χ3v) is 4.05. The number of benzene rings is 2. The maximum Gasteiger partial charge on any atom is 0.161 e. The molecule has 0 atom stereocenters. The molecule has 0 saturated carbocycles. The molecule has 2 aromatic carbocycles. The predicted octanol–water partition coefficient (Wildman–Crippen LogP) is 6.68. The smallest absolute Gasteiger partial charge is 0.161 e. The lowest BCUT2D eigenvalue weighted by Gasteiger charge is -2.18. The SMILES string of the molecule is CC.CC.c1ccc2c(c1)Cc1ncccc1O2.c1ccc2c(c1)OCCCO2. The molecule has 3 aromatic rings. The van der Waals surface area contributed by atoms with E-state index in [1.165, 1.54) is 5.56 Å². The summed E-state index contributed by atoms with van der Waals surface area (Å²) in [7, 11) is 0. The number of hydrogen-bond donors (Lipinski definition) is 0. The van der Waals surface area contributed by atoms with E-state index in [-0.39, 0.29) is 0 Å². The number of nitrogens with zero attached hydrogens (tertiary/aromatic N) is 1. The molecule has 0 fully saturated rings. The van der Waals surface area contributed by atoms with Gasteiger partial charge in [0.05, 0.1) is 18.9 Å². The monoisotopic (exact) mass is 393 g/mol. The minimum absolute atomic E-state index is 0.761. The molecule has 0 spiro atoms. The summed E-state index contributed by atoms with van der Waals surface area (Å²) in [4.78, 5) is 4.29. The molecule has 3 heterocycles. The number of para-hydroxylation sites is 3. The van der Waals surface area contributed by atoms with Crippen molar-refractivity contribution in [2.45, 2.75) is 40.5 Å². The average Bonchev–Trinajstić information content (AvgIpc) is 3.06. The van der Waals surface area contributed by atoms with E-state index in [2.05, 4.69) is 11.1 Å². The van der Waals surface area contributed by atoms with Crippen molar-refractivity contribution in [1.29, 1.82) is 0 Å². The van der Waals surface area contributed by atoms with Crippen LogP contribution < -0.4 is 14.2 Å². The predicted molar refractivity (Wildman–Crippen MR) is 118 cm³/mol. The van der Waals surface area contributed by atoms with Gasteiger partial charge in [0.2, 0.25) is 0 Å². The lowest BCUT2D eigenvalue weighted by atomic mass is 10.1. The molecule has 0 amide bonds. The van der Waals surface area contributed by atoms with Gasteiger partial charge in [-0.25, -0.2) is 0 Å². The van der Waals surface area contributed by atoms with Crippen molar-refractivity contribution >= 4 is 0 Å². The van der Waals surface area contributed by atoms with Gasteiger partial charge in [-0.1, -0.05) is 58.0 Å². The van der Waals surface area contributed by atoms with Crippen LogP contribution in [0.5, 0.6) is 23.0 Å². The Kier molecular flexibility index (Phi) is 9.56. The van der Waals surface area contributed by atoms with E-state index in [4.69, 9.17) is 14.2 Å². The second-order valence-corrected chi connectivity index (χ2v) is 5.83. The van der Waals surface area contributed by atoms with Crippen molar-refractivity contribution in [2.24, 2.45) is 0 Å². The first kappa shape index (κ1) is 22.3. The highest BCUT2D eigenvalue weighted by Crippen LogP contribution is 2.34. The maximum atomic E-state index is 5.71. The van der Waals surface area contributed by atoms with Crippen molar-refractivity contribution < 1.29 is 14.2 Å². The van der Waals surface area contributed by atoms with Gasteiger partial charge in [-0.15, -0.1) is 0 Å². The van der Waals surface area contributed by atoms with Gasteiger partial charge < -0.3 is 14.2 Å². The van der Waals surface area contributed by atoms with Crippen LogP contribution in [0.1, 0.15) is 45.4 Å². The number of rotatable bonds is 0. The Morgan fingerprint density at radius 2 is 1.21 bits per heavy atom. The van der Waals surface area contributed by atoms with Gasteiger partial charge in [0.1, 0.15) is 11.5 Å². The third-order valence-electron chi connectivity index (χ3n) is 4.05. The lowest BCUT2D eigenvalue weighted by Crippen LogP contribution is -2.04. The maximum absolute atomic E-state index is 5.71. The first-order valence-corrected chi connectivity index (χ1v) is 10.4. The Hall–Kier alpha value is -3.01. The van der Waals surface area contributed by atoms with Crippen molar-refractivity contribution in [3.8, 4) is 23.0 Å². The Bertz CT molecular complexity index is 751. The fourth-order valence-electron chi connectivity index (χ4n) is 2.81. The minimum Gasteiger partial charge on any atom is -0.490 e. The molecule has 0 aliphatic carbocycles. The summed E-state index contributed by atoms with van der Waals surface area (Å²) in [6, 6.07) is 19.7. The molecule has 2 aliphatic heterocycles. The van der Waals surface area contributed by atoms with Gasteiger partial charge in [0.15, 0.2) is 11.5 Å². The van der Waals surface area contributed by atoms with E-state index in [0.717, 1.165) is 54.7 Å². The van der Waals surface area contributed by atoms with E-state index in [0.29, 0.717) is 0 Å². The number of hydrogen-bond acceptors (Lipinski definition) is 4. The molecular weight excluding hydrogens is 362 g/mol. The molecule has 5 rings (SSSR count). The first-order valence-electron chi connectivity index (χ1n) is 10.4. The summed E-state index contributed by atoms with van der Waals surface area (Å²) in [5.41, 5.74) is 2.23. The molecule has 0 N–H and O–H groups in total. The number of fused-ring (bicyclic) bond motifs is 3. The molecule has 29 heavy (non-hydrogen) atoms. The second kappa shape index (κ2) is 12.4. The van der Waals surface area contributed by atoms with Crippen molar-refractivity contribution in [1.82, 2.24) is 4.98 Å². The molecule has 154 valence electrons. The number of ether oxygens (including phenoxy) is 3. The topological polar surface area (TPSA) is 40.6 Å². The third kappa shape index (κ3) is 6.24. The molecule has 2 aliphatic rings. The average molecular weight is 394 g/mol. The molecule has 0 bridgehead atoms. The Balaban J connectivity index is 0.000000181. The van der Waals surface area contributed by atoms with E-state index >= 15 is 0 Å². The van der Waals surface area contributed by atoms with Crippen LogP contribution in [0.3, 0.4) is 0 Å². The van der Waals surface area contributed by atoms with Crippen LogP contribution in [0.4, 0.5) is 0 Å². The molecule has 0 radical (unpaired) electrons. The van der Waals surface area contributed by atoms with Gasteiger partial charge in [-0.2, -0.15) is 0 Å². The van der Waals surface area contributed by atoms with Crippen LogP contribution in [-0.2, 0) is 6.42 Å². The van der Waals surface area contributed by atoms with Crippen LogP contribution in [0, 0.1) is 0 Å². The Morgan fingerprint density at radius 3 is 1.86 bits per heavy atom. The summed E-state index contributed by atoms with van der Waals surface area (Å²) in [6.07, 6.45) is 3.64. The van der Waals surface area contributed by atoms with Crippen molar-refractivity contribution in [2.75, 3.05) is 13.2 Å². The largest absolute Gasteiger partial charge is 0.490 e. The van der Waals surface area contributed by atoms with E-state index < -0.39 is 0 Å². The fourth-order valence-corrected chi connectivity index (χ4v) is 2.81. The van der Waals surface area contributed by atoms with E-state index in [1.807, 2.05) is 82.3 Å². The standard InChI is InChI=1S/C12H9NO.C9H10O2.2C2H6/c1-2-5-11-9(4-1)8-10-12(14-11)6-3-7-13-10;1-2-5-9-8(4-1)10-6-3-7-11-9;2*1-2/h1-7H,8H2;1-2,4-5H,3,6-7H2;2*1-2H3.